The Hall–Kier alpha value is -1.10. The highest BCUT2D eigenvalue weighted by Gasteiger charge is 2.03. The molecule has 5 heteroatoms. The van der Waals surface area contributed by atoms with Gasteiger partial charge in [0.1, 0.15) is 10.1 Å². The molecule has 20 heavy (non-hydrogen) atoms. The number of hydrogen-bond donors (Lipinski definition) is 1. The molecular weight excluding hydrogens is 313 g/mol. The average molecular weight is 326 g/mol. The molecule has 0 saturated heterocycles. The Bertz CT molecular complexity index is 614. The predicted molar refractivity (Wildman–Crippen MR) is 90.1 cm³/mol. The first-order valence-corrected chi connectivity index (χ1v) is 7.76. The van der Waals surface area contributed by atoms with Crippen LogP contribution < -0.4 is 5.32 Å². The van der Waals surface area contributed by atoms with Gasteiger partial charge in [-0.1, -0.05) is 47.7 Å². The molecule has 2 rings (SSSR count). The van der Waals surface area contributed by atoms with Gasteiger partial charge in [-0.05, 0) is 48.4 Å². The maximum atomic E-state index is 13.2. The third kappa shape index (κ3) is 4.47. The van der Waals surface area contributed by atoms with Crippen LogP contribution in [0.15, 0.2) is 42.5 Å². The van der Waals surface area contributed by atoms with E-state index in [0.717, 1.165) is 22.0 Å². The number of rotatable bonds is 3. The minimum Gasteiger partial charge on any atom is -0.341 e. The van der Waals surface area contributed by atoms with Crippen molar-refractivity contribution < 1.29 is 4.39 Å². The lowest BCUT2D eigenvalue weighted by Gasteiger charge is -2.08. The summed E-state index contributed by atoms with van der Waals surface area (Å²) >= 11 is 12.6. The second kappa shape index (κ2) is 7.07. The smallest absolute Gasteiger partial charge is 0.138 e. The van der Waals surface area contributed by atoms with Crippen molar-refractivity contribution in [2.75, 3.05) is 5.32 Å². The number of thiocarbonyl (C=S) groups is 1. The highest BCUT2D eigenvalue weighted by Crippen LogP contribution is 2.19. The van der Waals surface area contributed by atoms with Crippen LogP contribution in [0.1, 0.15) is 11.1 Å². The van der Waals surface area contributed by atoms with E-state index < -0.39 is 0 Å². The van der Waals surface area contributed by atoms with Gasteiger partial charge in [-0.3, -0.25) is 0 Å². The van der Waals surface area contributed by atoms with Gasteiger partial charge >= 0.3 is 0 Å². The molecule has 2 aromatic rings. The lowest BCUT2D eigenvalue weighted by Crippen LogP contribution is -2.05. The highest BCUT2D eigenvalue weighted by molar-refractivity contribution is 8.22. The van der Waals surface area contributed by atoms with E-state index in [4.69, 9.17) is 23.8 Å². The van der Waals surface area contributed by atoms with Crippen LogP contribution in [-0.2, 0) is 5.75 Å². The van der Waals surface area contributed by atoms with Crippen LogP contribution in [0.3, 0.4) is 0 Å². The van der Waals surface area contributed by atoms with Gasteiger partial charge in [0.25, 0.3) is 0 Å². The molecule has 0 radical (unpaired) electrons. The minimum atomic E-state index is -0.213. The third-order valence-corrected chi connectivity index (χ3v) is 4.24. The van der Waals surface area contributed by atoms with E-state index in [1.54, 1.807) is 19.1 Å². The summed E-state index contributed by atoms with van der Waals surface area (Å²) in [5.74, 6) is 0.554. The normalized spacial score (nSPS) is 10.3. The van der Waals surface area contributed by atoms with E-state index in [2.05, 4.69) is 5.32 Å². The fourth-order valence-electron chi connectivity index (χ4n) is 1.61. The number of nitrogens with one attached hydrogen (secondary N) is 1. The molecule has 0 fully saturated rings. The topological polar surface area (TPSA) is 12.0 Å². The molecule has 2 aromatic carbocycles. The Morgan fingerprint density at radius 3 is 2.60 bits per heavy atom. The van der Waals surface area contributed by atoms with Gasteiger partial charge in [0.2, 0.25) is 0 Å². The van der Waals surface area contributed by atoms with Gasteiger partial charge in [-0.2, -0.15) is 0 Å². The van der Waals surface area contributed by atoms with E-state index in [1.165, 1.54) is 17.8 Å². The summed E-state index contributed by atoms with van der Waals surface area (Å²) < 4.78 is 13.8. The van der Waals surface area contributed by atoms with Crippen LogP contribution >= 0.6 is 35.6 Å². The molecular formula is C15H13ClFNS2. The molecule has 1 N–H and O–H groups in total. The lowest BCUT2D eigenvalue weighted by atomic mass is 10.2. The highest BCUT2D eigenvalue weighted by atomic mass is 35.5. The molecule has 0 heterocycles. The molecule has 0 aliphatic rings. The maximum Gasteiger partial charge on any atom is 0.138 e. The van der Waals surface area contributed by atoms with Crippen molar-refractivity contribution >= 4 is 45.6 Å². The van der Waals surface area contributed by atoms with Crippen molar-refractivity contribution in [3.8, 4) is 0 Å². The Morgan fingerprint density at radius 1 is 1.25 bits per heavy atom. The molecule has 0 spiro atoms. The van der Waals surface area contributed by atoms with E-state index in [9.17, 15) is 4.39 Å². The summed E-state index contributed by atoms with van der Waals surface area (Å²) in [5, 5.41) is 3.82. The second-order valence-corrected chi connectivity index (χ2v) is 6.38. The summed E-state index contributed by atoms with van der Waals surface area (Å²) in [5.41, 5.74) is 2.55. The Labute approximate surface area is 132 Å². The maximum absolute atomic E-state index is 13.2. The lowest BCUT2D eigenvalue weighted by molar-refractivity contribution is 0.619. The third-order valence-electron chi connectivity index (χ3n) is 2.69. The van der Waals surface area contributed by atoms with E-state index in [-0.39, 0.29) is 5.82 Å². The molecule has 0 aliphatic carbocycles. The monoisotopic (exact) mass is 325 g/mol. The van der Waals surface area contributed by atoms with E-state index >= 15 is 0 Å². The van der Waals surface area contributed by atoms with Crippen LogP contribution in [0.4, 0.5) is 10.1 Å². The van der Waals surface area contributed by atoms with Crippen molar-refractivity contribution in [2.45, 2.75) is 12.7 Å². The van der Waals surface area contributed by atoms with Gasteiger partial charge in [0.15, 0.2) is 0 Å². The first kappa shape index (κ1) is 15.3. The molecule has 104 valence electrons. The number of anilines is 1. The van der Waals surface area contributed by atoms with Crippen molar-refractivity contribution in [3.05, 3.63) is 64.4 Å². The molecule has 0 saturated carbocycles. The number of halogens is 2. The zero-order chi connectivity index (χ0) is 14.5. The first-order valence-electron chi connectivity index (χ1n) is 5.99. The molecule has 1 nitrogen and oxygen atoms in total. The standard InChI is InChI=1S/C15H13ClFNS2/c1-10-8-13(6-7-14(10)17)18-15(19)20-9-11-2-4-12(16)5-3-11/h2-8H,9H2,1H3,(H,18,19). The molecule has 0 aromatic heterocycles. The van der Waals surface area contributed by atoms with Crippen LogP contribution in [0.25, 0.3) is 0 Å². The quantitative estimate of drug-likeness (QED) is 0.757. The summed E-state index contributed by atoms with van der Waals surface area (Å²) in [6.07, 6.45) is 0. The van der Waals surface area contributed by atoms with Crippen molar-refractivity contribution in [3.63, 3.8) is 0 Å². The fraction of sp³-hybridized carbons (Fsp3) is 0.133. The number of thioether (sulfide) groups is 1. The molecule has 0 aliphatic heterocycles. The van der Waals surface area contributed by atoms with Gasteiger partial charge in [0.05, 0.1) is 0 Å². The van der Waals surface area contributed by atoms with Crippen molar-refractivity contribution in [1.82, 2.24) is 0 Å². The first-order chi connectivity index (χ1) is 9.54. The van der Waals surface area contributed by atoms with Crippen molar-refractivity contribution in [2.24, 2.45) is 0 Å². The summed E-state index contributed by atoms with van der Waals surface area (Å²) in [6, 6.07) is 12.5. The molecule has 0 unspecified atom stereocenters. The van der Waals surface area contributed by atoms with Crippen LogP contribution in [0.2, 0.25) is 5.02 Å². The van der Waals surface area contributed by atoms with Crippen molar-refractivity contribution in [1.29, 1.82) is 0 Å². The van der Waals surface area contributed by atoms with Gasteiger partial charge in [0, 0.05) is 16.5 Å². The number of benzene rings is 2. The van der Waals surface area contributed by atoms with Crippen LogP contribution in [0.5, 0.6) is 0 Å². The Balaban J connectivity index is 1.89. The molecule has 0 bridgehead atoms. The van der Waals surface area contributed by atoms with Gasteiger partial charge in [-0.25, -0.2) is 4.39 Å². The minimum absolute atomic E-state index is 0.213. The van der Waals surface area contributed by atoms with Crippen LogP contribution in [0, 0.1) is 12.7 Å². The van der Waals surface area contributed by atoms with Gasteiger partial charge < -0.3 is 5.32 Å². The molecule has 0 atom stereocenters. The largest absolute Gasteiger partial charge is 0.341 e. The number of aryl methyl sites for hydroxylation is 1. The SMILES string of the molecule is Cc1cc(NC(=S)SCc2ccc(Cl)cc2)ccc1F. The zero-order valence-corrected chi connectivity index (χ0v) is 13.2. The second-order valence-electron chi connectivity index (χ2n) is 4.29. The summed E-state index contributed by atoms with van der Waals surface area (Å²) in [4.78, 5) is 0. The average Bonchev–Trinajstić information content (AvgIpc) is 2.42. The molecule has 0 amide bonds. The van der Waals surface area contributed by atoms with Crippen LogP contribution in [-0.4, -0.2) is 4.32 Å². The van der Waals surface area contributed by atoms with E-state index in [0.29, 0.717) is 9.88 Å². The summed E-state index contributed by atoms with van der Waals surface area (Å²) in [7, 11) is 0. The summed E-state index contributed by atoms with van der Waals surface area (Å²) in [6.45, 7) is 1.73. The predicted octanol–water partition coefficient (Wildman–Crippen LogP) is 5.42. The zero-order valence-electron chi connectivity index (χ0n) is 10.8. The Kier molecular flexibility index (Phi) is 5.40. The number of hydrogen-bond acceptors (Lipinski definition) is 2. The fourth-order valence-corrected chi connectivity index (χ4v) is 2.71. The Morgan fingerprint density at radius 2 is 1.95 bits per heavy atom. The van der Waals surface area contributed by atoms with Gasteiger partial charge in [-0.15, -0.1) is 0 Å². The van der Waals surface area contributed by atoms with E-state index in [1.807, 2.05) is 24.3 Å².